The second kappa shape index (κ2) is 8.07. The maximum atomic E-state index is 12.8. The third kappa shape index (κ3) is 3.38. The lowest BCUT2D eigenvalue weighted by atomic mass is 9.76. The van der Waals surface area contributed by atoms with Crippen molar-refractivity contribution < 1.29 is 14.3 Å². The van der Waals surface area contributed by atoms with Gasteiger partial charge in [-0.15, -0.1) is 0 Å². The lowest BCUT2D eigenvalue weighted by Gasteiger charge is -2.38. The quantitative estimate of drug-likeness (QED) is 0.591. The number of ether oxygens (including phenoxy) is 2. The number of fused-ring (bicyclic) bond motifs is 3. The van der Waals surface area contributed by atoms with Crippen LogP contribution in [0, 0.1) is 5.92 Å². The van der Waals surface area contributed by atoms with E-state index in [9.17, 15) is 4.79 Å². The zero-order chi connectivity index (χ0) is 19.5. The largest absolute Gasteiger partial charge is 0.497 e. The molecule has 4 rings (SSSR count). The van der Waals surface area contributed by atoms with Gasteiger partial charge in [0.05, 0.1) is 31.0 Å². The summed E-state index contributed by atoms with van der Waals surface area (Å²) < 4.78 is 10.3. The van der Waals surface area contributed by atoms with E-state index < -0.39 is 0 Å². The molecule has 5 nitrogen and oxygen atoms in total. The molecule has 2 aliphatic rings. The molecule has 1 aliphatic carbocycles. The second-order valence-electron chi connectivity index (χ2n) is 7.27. The number of allylic oxidation sites excluding steroid dienone is 2. The molecular weight excluding hydrogens is 352 g/mol. The molecule has 28 heavy (non-hydrogen) atoms. The van der Waals surface area contributed by atoms with Gasteiger partial charge in [-0.05, 0) is 41.7 Å². The van der Waals surface area contributed by atoms with Crippen molar-refractivity contribution >= 4 is 11.6 Å². The molecule has 0 bridgehead atoms. The third-order valence-electron chi connectivity index (χ3n) is 5.71. The van der Waals surface area contributed by atoms with Gasteiger partial charge in [-0.25, -0.2) is 0 Å². The first-order chi connectivity index (χ1) is 13.7. The Kier molecular flexibility index (Phi) is 5.35. The first kappa shape index (κ1) is 18.6. The van der Waals surface area contributed by atoms with Crippen LogP contribution >= 0.6 is 0 Å². The maximum absolute atomic E-state index is 12.8. The summed E-state index contributed by atoms with van der Waals surface area (Å²) in [4.78, 5) is 12.8. The predicted octanol–water partition coefficient (Wildman–Crippen LogP) is 3.90. The van der Waals surface area contributed by atoms with Crippen LogP contribution in [0.3, 0.4) is 0 Å². The molecule has 5 heteroatoms. The van der Waals surface area contributed by atoms with Crippen LogP contribution in [0.5, 0.6) is 5.75 Å². The zero-order valence-electron chi connectivity index (χ0n) is 16.3. The standard InChI is InChI=1S/C23H26N2O3/c1-27-14-13-24-23(26)20-8-4-7-19-17-5-3-6-18(17)21(25-22(19)20)15-9-11-16(28-2)12-10-15/h3-5,7-12,17-18,21,25H,6,13-14H2,1-2H3,(H,24,26). The molecule has 0 fully saturated rings. The van der Waals surface area contributed by atoms with Gasteiger partial charge in [0.25, 0.3) is 5.91 Å². The van der Waals surface area contributed by atoms with Crippen LogP contribution in [0.4, 0.5) is 5.69 Å². The van der Waals surface area contributed by atoms with E-state index in [1.807, 2.05) is 24.3 Å². The number of methoxy groups -OCH3 is 2. The second-order valence-corrected chi connectivity index (χ2v) is 7.27. The monoisotopic (exact) mass is 378 g/mol. The Bertz CT molecular complexity index is 876. The predicted molar refractivity (Wildman–Crippen MR) is 110 cm³/mol. The molecular formula is C23H26N2O3. The Morgan fingerprint density at radius 1 is 1.18 bits per heavy atom. The highest BCUT2D eigenvalue weighted by Gasteiger charge is 2.39. The van der Waals surface area contributed by atoms with Gasteiger partial charge in [0.15, 0.2) is 0 Å². The highest BCUT2D eigenvalue weighted by atomic mass is 16.5. The number of benzene rings is 2. The number of amides is 1. The minimum absolute atomic E-state index is 0.0738. The minimum Gasteiger partial charge on any atom is -0.497 e. The van der Waals surface area contributed by atoms with Crippen LogP contribution < -0.4 is 15.4 Å². The number of para-hydroxylation sites is 1. The van der Waals surface area contributed by atoms with Crippen molar-refractivity contribution in [3.8, 4) is 5.75 Å². The summed E-state index contributed by atoms with van der Waals surface area (Å²) in [5.41, 5.74) is 4.03. The van der Waals surface area contributed by atoms with E-state index in [-0.39, 0.29) is 11.9 Å². The fraction of sp³-hybridized carbons (Fsp3) is 0.348. The molecule has 1 amide bonds. The van der Waals surface area contributed by atoms with Gasteiger partial charge in [-0.2, -0.15) is 0 Å². The average molecular weight is 378 g/mol. The van der Waals surface area contributed by atoms with Gasteiger partial charge < -0.3 is 20.1 Å². The zero-order valence-corrected chi connectivity index (χ0v) is 16.3. The van der Waals surface area contributed by atoms with E-state index in [1.54, 1.807) is 14.2 Å². The van der Waals surface area contributed by atoms with Crippen molar-refractivity contribution in [3.63, 3.8) is 0 Å². The van der Waals surface area contributed by atoms with Crippen LogP contribution in [0.2, 0.25) is 0 Å². The van der Waals surface area contributed by atoms with Crippen molar-refractivity contribution in [2.75, 3.05) is 32.7 Å². The lowest BCUT2D eigenvalue weighted by molar-refractivity contribution is 0.0937. The summed E-state index contributed by atoms with van der Waals surface area (Å²) in [7, 11) is 3.31. The van der Waals surface area contributed by atoms with Crippen molar-refractivity contribution in [1.29, 1.82) is 0 Å². The van der Waals surface area contributed by atoms with Crippen LogP contribution in [0.1, 0.15) is 39.9 Å². The number of carbonyl (C=O) groups is 1. The number of anilines is 1. The van der Waals surface area contributed by atoms with Crippen LogP contribution in [0.25, 0.3) is 0 Å². The molecule has 0 spiro atoms. The minimum atomic E-state index is -0.0738. The Labute approximate surface area is 165 Å². The smallest absolute Gasteiger partial charge is 0.253 e. The summed E-state index contributed by atoms with van der Waals surface area (Å²) in [5.74, 6) is 1.53. The lowest BCUT2D eigenvalue weighted by Crippen LogP contribution is -2.33. The van der Waals surface area contributed by atoms with Gasteiger partial charge in [-0.3, -0.25) is 4.79 Å². The summed E-state index contributed by atoms with van der Waals surface area (Å²) in [5, 5.41) is 6.63. The summed E-state index contributed by atoms with van der Waals surface area (Å²) >= 11 is 0. The molecule has 3 unspecified atom stereocenters. The third-order valence-corrected chi connectivity index (χ3v) is 5.71. The SMILES string of the molecule is COCCNC(=O)c1cccc2c1NC(c1ccc(OC)cc1)C1CC=CC21. The molecule has 2 aromatic carbocycles. The highest BCUT2D eigenvalue weighted by molar-refractivity contribution is 6.00. The van der Waals surface area contributed by atoms with E-state index in [0.717, 1.165) is 17.9 Å². The first-order valence-electron chi connectivity index (χ1n) is 9.70. The molecule has 0 saturated carbocycles. The fourth-order valence-electron chi connectivity index (χ4n) is 4.31. The van der Waals surface area contributed by atoms with Crippen molar-refractivity contribution in [2.24, 2.45) is 5.92 Å². The van der Waals surface area contributed by atoms with Gasteiger partial charge in [-0.1, -0.05) is 36.4 Å². The van der Waals surface area contributed by atoms with Gasteiger partial charge in [0, 0.05) is 19.6 Å². The Morgan fingerprint density at radius 3 is 2.75 bits per heavy atom. The highest BCUT2D eigenvalue weighted by Crippen LogP contribution is 2.50. The van der Waals surface area contributed by atoms with E-state index in [2.05, 4.69) is 41.0 Å². The van der Waals surface area contributed by atoms with Crippen molar-refractivity contribution in [2.45, 2.75) is 18.4 Å². The topological polar surface area (TPSA) is 59.6 Å². The Morgan fingerprint density at radius 2 is 2.00 bits per heavy atom. The van der Waals surface area contributed by atoms with E-state index in [1.165, 1.54) is 11.1 Å². The number of hydrogen-bond donors (Lipinski definition) is 2. The number of nitrogens with one attached hydrogen (secondary N) is 2. The van der Waals surface area contributed by atoms with E-state index in [4.69, 9.17) is 9.47 Å². The molecule has 2 aromatic rings. The summed E-state index contributed by atoms with van der Waals surface area (Å²) in [6, 6.07) is 14.3. The van der Waals surface area contributed by atoms with Crippen molar-refractivity contribution in [3.05, 3.63) is 71.3 Å². The molecule has 0 aromatic heterocycles. The van der Waals surface area contributed by atoms with Crippen LogP contribution in [-0.2, 0) is 4.74 Å². The number of rotatable bonds is 6. The summed E-state index contributed by atoms with van der Waals surface area (Å²) in [6.07, 6.45) is 5.57. The molecule has 146 valence electrons. The fourth-order valence-corrected chi connectivity index (χ4v) is 4.31. The molecule has 0 saturated heterocycles. The molecule has 2 N–H and O–H groups in total. The molecule has 3 atom stereocenters. The molecule has 0 radical (unpaired) electrons. The van der Waals surface area contributed by atoms with Crippen molar-refractivity contribution in [1.82, 2.24) is 5.32 Å². The summed E-state index contributed by atoms with van der Waals surface area (Å²) in [6.45, 7) is 0.989. The van der Waals surface area contributed by atoms with Crippen LogP contribution in [-0.4, -0.2) is 33.3 Å². The Hall–Kier alpha value is -2.79. The van der Waals surface area contributed by atoms with Gasteiger partial charge in [0.2, 0.25) is 0 Å². The first-order valence-corrected chi connectivity index (χ1v) is 9.70. The number of hydrogen-bond acceptors (Lipinski definition) is 4. The number of carbonyl (C=O) groups excluding carboxylic acids is 1. The average Bonchev–Trinajstić information content (AvgIpc) is 3.23. The van der Waals surface area contributed by atoms with Gasteiger partial charge >= 0.3 is 0 Å². The Balaban J connectivity index is 1.68. The molecule has 1 heterocycles. The van der Waals surface area contributed by atoms with E-state index >= 15 is 0 Å². The normalized spacial score (nSPS) is 22.1. The van der Waals surface area contributed by atoms with Gasteiger partial charge in [0.1, 0.15) is 5.75 Å². The molecule has 1 aliphatic heterocycles. The van der Waals surface area contributed by atoms with Crippen LogP contribution in [0.15, 0.2) is 54.6 Å². The maximum Gasteiger partial charge on any atom is 0.253 e. The van der Waals surface area contributed by atoms with E-state index in [0.29, 0.717) is 30.6 Å².